The molecule has 0 aliphatic carbocycles. The SMILES string of the molecule is CCC1(CN2CC(C)N(C)C(C)C2)CCCNC1. The van der Waals surface area contributed by atoms with Gasteiger partial charge in [0.1, 0.15) is 0 Å². The number of likely N-dealkylation sites (N-methyl/N-ethyl adjacent to an activating group) is 1. The van der Waals surface area contributed by atoms with Crippen LogP contribution in [-0.2, 0) is 0 Å². The fourth-order valence-corrected chi connectivity index (χ4v) is 3.70. The van der Waals surface area contributed by atoms with E-state index in [0.717, 1.165) is 0 Å². The molecular formula is C15H31N3. The maximum Gasteiger partial charge on any atom is 0.0195 e. The van der Waals surface area contributed by atoms with Gasteiger partial charge in [-0.15, -0.1) is 0 Å². The second kappa shape index (κ2) is 5.89. The highest BCUT2D eigenvalue weighted by molar-refractivity contribution is 4.91. The molecule has 0 bridgehead atoms. The van der Waals surface area contributed by atoms with Gasteiger partial charge in [-0.3, -0.25) is 9.80 Å². The van der Waals surface area contributed by atoms with Crippen LogP contribution in [0.4, 0.5) is 0 Å². The number of nitrogens with one attached hydrogen (secondary N) is 1. The van der Waals surface area contributed by atoms with Crippen molar-refractivity contribution in [1.82, 2.24) is 15.1 Å². The van der Waals surface area contributed by atoms with E-state index in [4.69, 9.17) is 0 Å². The van der Waals surface area contributed by atoms with Crippen LogP contribution >= 0.6 is 0 Å². The number of hydrogen-bond donors (Lipinski definition) is 1. The summed E-state index contributed by atoms with van der Waals surface area (Å²) in [5.74, 6) is 0. The molecule has 2 heterocycles. The van der Waals surface area contributed by atoms with Crippen LogP contribution in [0.1, 0.15) is 40.0 Å². The van der Waals surface area contributed by atoms with Gasteiger partial charge in [0.2, 0.25) is 0 Å². The summed E-state index contributed by atoms with van der Waals surface area (Å²) in [5.41, 5.74) is 0.535. The molecule has 0 aromatic rings. The molecule has 0 saturated carbocycles. The fourth-order valence-electron chi connectivity index (χ4n) is 3.70. The average molecular weight is 253 g/mol. The zero-order valence-electron chi connectivity index (χ0n) is 12.7. The molecule has 3 unspecified atom stereocenters. The molecule has 106 valence electrons. The summed E-state index contributed by atoms with van der Waals surface area (Å²) < 4.78 is 0. The minimum absolute atomic E-state index is 0.535. The molecule has 2 rings (SSSR count). The van der Waals surface area contributed by atoms with E-state index in [9.17, 15) is 0 Å². The summed E-state index contributed by atoms with van der Waals surface area (Å²) in [6.45, 7) is 13.3. The van der Waals surface area contributed by atoms with Crippen LogP contribution in [0.25, 0.3) is 0 Å². The van der Waals surface area contributed by atoms with E-state index in [1.165, 1.54) is 52.0 Å². The maximum absolute atomic E-state index is 3.61. The minimum Gasteiger partial charge on any atom is -0.316 e. The van der Waals surface area contributed by atoms with Crippen LogP contribution in [0.15, 0.2) is 0 Å². The maximum atomic E-state index is 3.61. The third kappa shape index (κ3) is 3.06. The molecule has 1 N–H and O–H groups in total. The number of hydrogen-bond acceptors (Lipinski definition) is 3. The Morgan fingerprint density at radius 1 is 1.22 bits per heavy atom. The van der Waals surface area contributed by atoms with Gasteiger partial charge in [0.05, 0.1) is 0 Å². The quantitative estimate of drug-likeness (QED) is 0.827. The van der Waals surface area contributed by atoms with Crippen LogP contribution in [0.5, 0.6) is 0 Å². The predicted octanol–water partition coefficient (Wildman–Crippen LogP) is 1.79. The highest BCUT2D eigenvalue weighted by Gasteiger charge is 2.35. The summed E-state index contributed by atoms with van der Waals surface area (Å²) in [5, 5.41) is 3.61. The van der Waals surface area contributed by atoms with Crippen molar-refractivity contribution in [3.05, 3.63) is 0 Å². The topological polar surface area (TPSA) is 18.5 Å². The Bertz CT molecular complexity index is 248. The van der Waals surface area contributed by atoms with Crippen molar-refractivity contribution < 1.29 is 0 Å². The van der Waals surface area contributed by atoms with E-state index in [0.29, 0.717) is 17.5 Å². The van der Waals surface area contributed by atoms with E-state index >= 15 is 0 Å². The Kier molecular flexibility index (Phi) is 4.68. The number of rotatable bonds is 3. The molecule has 2 fully saturated rings. The van der Waals surface area contributed by atoms with Crippen LogP contribution in [0.2, 0.25) is 0 Å². The Balaban J connectivity index is 1.95. The summed E-state index contributed by atoms with van der Waals surface area (Å²) >= 11 is 0. The second-order valence-electron chi connectivity index (χ2n) is 6.69. The standard InChI is InChI=1S/C15H31N3/c1-5-15(7-6-8-16-11-15)12-18-9-13(2)17(4)14(3)10-18/h13-14,16H,5-12H2,1-4H3. The van der Waals surface area contributed by atoms with Gasteiger partial charge >= 0.3 is 0 Å². The molecule has 0 spiro atoms. The molecule has 3 nitrogen and oxygen atoms in total. The van der Waals surface area contributed by atoms with Crippen molar-refractivity contribution in [2.24, 2.45) is 5.41 Å². The van der Waals surface area contributed by atoms with Crippen molar-refractivity contribution >= 4 is 0 Å². The van der Waals surface area contributed by atoms with E-state index < -0.39 is 0 Å². The molecular weight excluding hydrogens is 222 g/mol. The molecule has 3 atom stereocenters. The van der Waals surface area contributed by atoms with Crippen molar-refractivity contribution in [3.63, 3.8) is 0 Å². The monoisotopic (exact) mass is 253 g/mol. The molecule has 0 amide bonds. The Labute approximate surface area is 113 Å². The van der Waals surface area contributed by atoms with Crippen molar-refractivity contribution in [2.75, 3.05) is 39.8 Å². The largest absolute Gasteiger partial charge is 0.316 e. The molecule has 0 aromatic heterocycles. The highest BCUT2D eigenvalue weighted by Crippen LogP contribution is 2.32. The molecule has 0 aromatic carbocycles. The van der Waals surface area contributed by atoms with Crippen LogP contribution < -0.4 is 5.32 Å². The minimum atomic E-state index is 0.535. The number of piperidine rings is 1. The third-order valence-corrected chi connectivity index (χ3v) is 5.31. The van der Waals surface area contributed by atoms with Gasteiger partial charge in [0.15, 0.2) is 0 Å². The molecule has 18 heavy (non-hydrogen) atoms. The third-order valence-electron chi connectivity index (χ3n) is 5.31. The number of piperazine rings is 1. The van der Waals surface area contributed by atoms with E-state index in [-0.39, 0.29) is 0 Å². The summed E-state index contributed by atoms with van der Waals surface area (Å²) in [4.78, 5) is 5.24. The summed E-state index contributed by atoms with van der Waals surface area (Å²) in [6.07, 6.45) is 4.08. The lowest BCUT2D eigenvalue weighted by atomic mass is 9.77. The lowest BCUT2D eigenvalue weighted by Crippen LogP contribution is -2.58. The zero-order chi connectivity index (χ0) is 13.2. The van der Waals surface area contributed by atoms with E-state index in [2.05, 4.69) is 42.9 Å². The van der Waals surface area contributed by atoms with Crippen LogP contribution in [-0.4, -0.2) is 61.7 Å². The Hall–Kier alpha value is -0.120. The molecule has 0 radical (unpaired) electrons. The highest BCUT2D eigenvalue weighted by atomic mass is 15.3. The Morgan fingerprint density at radius 2 is 1.89 bits per heavy atom. The molecule has 2 saturated heterocycles. The normalized spacial score (nSPS) is 40.0. The van der Waals surface area contributed by atoms with Gasteiger partial charge in [-0.2, -0.15) is 0 Å². The first-order chi connectivity index (χ1) is 8.56. The molecule has 2 aliphatic heterocycles. The molecule has 3 heteroatoms. The summed E-state index contributed by atoms with van der Waals surface area (Å²) in [7, 11) is 2.27. The van der Waals surface area contributed by atoms with Gasteiger partial charge < -0.3 is 5.32 Å². The Morgan fingerprint density at radius 3 is 2.39 bits per heavy atom. The van der Waals surface area contributed by atoms with Gasteiger partial charge in [-0.25, -0.2) is 0 Å². The number of nitrogens with zero attached hydrogens (tertiary/aromatic N) is 2. The fraction of sp³-hybridized carbons (Fsp3) is 1.00. The van der Waals surface area contributed by atoms with E-state index in [1.807, 2.05) is 0 Å². The van der Waals surface area contributed by atoms with Gasteiger partial charge in [-0.1, -0.05) is 6.92 Å². The van der Waals surface area contributed by atoms with Crippen LogP contribution in [0.3, 0.4) is 0 Å². The lowest BCUT2D eigenvalue weighted by molar-refractivity contribution is 0.0225. The first kappa shape index (κ1) is 14.3. The zero-order valence-corrected chi connectivity index (χ0v) is 12.7. The lowest BCUT2D eigenvalue weighted by Gasteiger charge is -2.47. The van der Waals surface area contributed by atoms with Crippen molar-refractivity contribution in [2.45, 2.75) is 52.1 Å². The van der Waals surface area contributed by atoms with Gasteiger partial charge in [-0.05, 0) is 52.1 Å². The summed E-state index contributed by atoms with van der Waals surface area (Å²) in [6, 6.07) is 1.39. The smallest absolute Gasteiger partial charge is 0.0195 e. The first-order valence-corrected chi connectivity index (χ1v) is 7.71. The first-order valence-electron chi connectivity index (χ1n) is 7.71. The van der Waals surface area contributed by atoms with E-state index in [1.54, 1.807) is 0 Å². The second-order valence-corrected chi connectivity index (χ2v) is 6.69. The predicted molar refractivity (Wildman–Crippen MR) is 78.0 cm³/mol. The van der Waals surface area contributed by atoms with Gasteiger partial charge in [0, 0.05) is 38.3 Å². The average Bonchev–Trinajstić information content (AvgIpc) is 2.37. The molecule has 2 aliphatic rings. The van der Waals surface area contributed by atoms with Crippen LogP contribution in [0, 0.1) is 5.41 Å². The van der Waals surface area contributed by atoms with Crippen molar-refractivity contribution in [3.8, 4) is 0 Å². The van der Waals surface area contributed by atoms with Gasteiger partial charge in [0.25, 0.3) is 0 Å². The van der Waals surface area contributed by atoms with Crippen molar-refractivity contribution in [1.29, 1.82) is 0 Å².